The summed E-state index contributed by atoms with van der Waals surface area (Å²) in [6.45, 7) is 6.40. The normalized spacial score (nSPS) is 20.7. The van der Waals surface area contributed by atoms with Crippen molar-refractivity contribution >= 4 is 11.8 Å². The van der Waals surface area contributed by atoms with Crippen LogP contribution >= 0.6 is 0 Å². The van der Waals surface area contributed by atoms with Gasteiger partial charge in [0.2, 0.25) is 5.91 Å². The van der Waals surface area contributed by atoms with Gasteiger partial charge in [0.15, 0.2) is 5.69 Å². The van der Waals surface area contributed by atoms with E-state index in [-0.39, 0.29) is 17.9 Å². The Balaban J connectivity index is 1.65. The predicted molar refractivity (Wildman–Crippen MR) is 85.0 cm³/mol. The molecule has 0 aliphatic heterocycles. The molecule has 126 valence electrons. The number of hydrogen-bond acceptors (Lipinski definition) is 4. The first-order valence-corrected chi connectivity index (χ1v) is 8.41. The highest BCUT2D eigenvalue weighted by atomic mass is 16.5. The van der Waals surface area contributed by atoms with Gasteiger partial charge in [-0.3, -0.25) is 9.59 Å². The monoisotopic (exact) mass is 319 g/mol. The molecule has 1 unspecified atom stereocenters. The summed E-state index contributed by atoms with van der Waals surface area (Å²) in [4.78, 5) is 24.4. The van der Waals surface area contributed by atoms with Crippen LogP contribution in [-0.4, -0.2) is 29.6 Å². The van der Waals surface area contributed by atoms with Crippen LogP contribution in [0.5, 0.6) is 0 Å². The van der Waals surface area contributed by atoms with Crippen LogP contribution in [0, 0.1) is 11.3 Å². The second-order valence-corrected chi connectivity index (χ2v) is 7.75. The van der Waals surface area contributed by atoms with Gasteiger partial charge in [0.25, 0.3) is 5.91 Å². The summed E-state index contributed by atoms with van der Waals surface area (Å²) in [7, 11) is 0. The fourth-order valence-corrected chi connectivity index (χ4v) is 2.75. The number of nitrogens with zero attached hydrogens (tertiary/aromatic N) is 1. The van der Waals surface area contributed by atoms with E-state index >= 15 is 0 Å². The molecule has 1 aromatic heterocycles. The van der Waals surface area contributed by atoms with Crippen molar-refractivity contribution in [2.75, 3.05) is 6.54 Å². The molecular formula is C17H25N3O3. The second kappa shape index (κ2) is 5.98. The number of aryl methyl sites for hydroxylation is 1. The first kappa shape index (κ1) is 16.0. The molecule has 0 aromatic carbocycles. The van der Waals surface area contributed by atoms with Gasteiger partial charge >= 0.3 is 0 Å². The van der Waals surface area contributed by atoms with Crippen LogP contribution in [0.1, 0.15) is 61.8 Å². The number of amides is 2. The number of hydrogen-bond donors (Lipinski definition) is 2. The zero-order chi connectivity index (χ0) is 16.6. The minimum Gasteiger partial charge on any atom is -0.360 e. The van der Waals surface area contributed by atoms with E-state index in [1.807, 2.05) is 20.8 Å². The van der Waals surface area contributed by atoms with E-state index in [1.54, 1.807) is 0 Å². The van der Waals surface area contributed by atoms with Gasteiger partial charge in [0.1, 0.15) is 5.76 Å². The van der Waals surface area contributed by atoms with E-state index in [9.17, 15) is 9.59 Å². The molecule has 0 spiro atoms. The Kier molecular flexibility index (Phi) is 4.17. The number of fused-ring (bicyclic) bond motifs is 1. The van der Waals surface area contributed by atoms with Gasteiger partial charge in [-0.1, -0.05) is 25.9 Å². The van der Waals surface area contributed by atoms with Crippen molar-refractivity contribution in [2.24, 2.45) is 11.3 Å². The maximum atomic E-state index is 12.3. The summed E-state index contributed by atoms with van der Waals surface area (Å²) in [5.74, 6) is 1.27. The Labute approximate surface area is 136 Å². The fourth-order valence-electron chi connectivity index (χ4n) is 2.75. The zero-order valence-corrected chi connectivity index (χ0v) is 14.1. The molecule has 6 heteroatoms. The molecule has 0 radical (unpaired) electrons. The molecule has 1 heterocycles. The highest BCUT2D eigenvalue weighted by molar-refractivity contribution is 5.94. The maximum absolute atomic E-state index is 12.3. The predicted octanol–water partition coefficient (Wildman–Crippen LogP) is 1.83. The van der Waals surface area contributed by atoms with Crippen LogP contribution < -0.4 is 10.6 Å². The van der Waals surface area contributed by atoms with Crippen LogP contribution in [0.2, 0.25) is 0 Å². The molecule has 3 rings (SSSR count). The van der Waals surface area contributed by atoms with Gasteiger partial charge in [-0.15, -0.1) is 0 Å². The molecule has 1 aromatic rings. The lowest BCUT2D eigenvalue weighted by molar-refractivity contribution is -0.129. The Morgan fingerprint density at radius 3 is 2.65 bits per heavy atom. The van der Waals surface area contributed by atoms with Crippen LogP contribution in [-0.2, 0) is 17.6 Å². The molecular weight excluding hydrogens is 294 g/mol. The summed E-state index contributed by atoms with van der Waals surface area (Å²) >= 11 is 0. The van der Waals surface area contributed by atoms with Crippen molar-refractivity contribution in [3.8, 4) is 0 Å². The zero-order valence-electron chi connectivity index (χ0n) is 14.1. The number of aromatic nitrogens is 1. The summed E-state index contributed by atoms with van der Waals surface area (Å²) in [5, 5.41) is 9.96. The first-order valence-electron chi connectivity index (χ1n) is 8.41. The van der Waals surface area contributed by atoms with E-state index < -0.39 is 5.41 Å². The molecule has 1 atom stereocenters. The van der Waals surface area contributed by atoms with Crippen LogP contribution in [0.4, 0.5) is 0 Å². The van der Waals surface area contributed by atoms with Crippen molar-refractivity contribution in [3.63, 3.8) is 0 Å². The Morgan fingerprint density at radius 2 is 2.00 bits per heavy atom. The fraction of sp³-hybridized carbons (Fsp3) is 0.706. The molecule has 23 heavy (non-hydrogen) atoms. The molecule has 1 saturated carbocycles. The number of carbonyl (C=O) groups excluding carboxylic acids is 2. The third-order valence-electron chi connectivity index (χ3n) is 4.52. The van der Waals surface area contributed by atoms with Crippen molar-refractivity contribution in [1.29, 1.82) is 0 Å². The van der Waals surface area contributed by atoms with Crippen molar-refractivity contribution in [2.45, 2.75) is 58.9 Å². The number of carbonyl (C=O) groups is 2. The topological polar surface area (TPSA) is 84.2 Å². The van der Waals surface area contributed by atoms with Crippen LogP contribution in [0.15, 0.2) is 4.52 Å². The molecule has 2 aliphatic carbocycles. The minimum atomic E-state index is -0.417. The van der Waals surface area contributed by atoms with Gasteiger partial charge < -0.3 is 15.2 Å². The maximum Gasteiger partial charge on any atom is 0.273 e. The van der Waals surface area contributed by atoms with Crippen molar-refractivity contribution in [3.05, 3.63) is 17.0 Å². The van der Waals surface area contributed by atoms with E-state index in [1.165, 1.54) is 12.8 Å². The van der Waals surface area contributed by atoms with Gasteiger partial charge in [-0.05, 0) is 31.6 Å². The molecule has 6 nitrogen and oxygen atoms in total. The SMILES string of the molecule is CC(C)(C)C(=O)NC1CCc2onc(C(=O)NCC3CC3)c2C1. The third-order valence-corrected chi connectivity index (χ3v) is 4.52. The van der Waals surface area contributed by atoms with E-state index in [4.69, 9.17) is 4.52 Å². The first-order chi connectivity index (χ1) is 10.8. The highest BCUT2D eigenvalue weighted by Crippen LogP contribution is 2.28. The second-order valence-electron chi connectivity index (χ2n) is 7.75. The summed E-state index contributed by atoms with van der Waals surface area (Å²) in [6.07, 6.45) is 4.50. The Bertz CT molecular complexity index is 611. The molecule has 2 N–H and O–H groups in total. The van der Waals surface area contributed by atoms with E-state index in [2.05, 4.69) is 15.8 Å². The standard InChI is InChI=1S/C17H25N3O3/c1-17(2,3)16(22)19-11-6-7-13-12(8-11)14(20-23-13)15(21)18-9-10-4-5-10/h10-11H,4-9H2,1-3H3,(H,18,21)(H,19,22). The Morgan fingerprint density at radius 1 is 1.26 bits per heavy atom. The Hall–Kier alpha value is -1.85. The quantitative estimate of drug-likeness (QED) is 0.887. The molecule has 2 amide bonds. The highest BCUT2D eigenvalue weighted by Gasteiger charge is 2.32. The van der Waals surface area contributed by atoms with Crippen molar-refractivity contribution in [1.82, 2.24) is 15.8 Å². The van der Waals surface area contributed by atoms with Gasteiger partial charge in [0, 0.05) is 30.0 Å². The smallest absolute Gasteiger partial charge is 0.273 e. The minimum absolute atomic E-state index is 0.0298. The molecule has 2 aliphatic rings. The van der Waals surface area contributed by atoms with Crippen LogP contribution in [0.25, 0.3) is 0 Å². The summed E-state index contributed by atoms with van der Waals surface area (Å²) in [6, 6.07) is 0.0311. The largest absolute Gasteiger partial charge is 0.360 e. The number of rotatable bonds is 4. The van der Waals surface area contributed by atoms with E-state index in [0.29, 0.717) is 31.0 Å². The lowest BCUT2D eigenvalue weighted by Crippen LogP contribution is -2.44. The number of nitrogens with one attached hydrogen (secondary N) is 2. The molecule has 1 fully saturated rings. The summed E-state index contributed by atoms with van der Waals surface area (Å²) in [5.41, 5.74) is 0.818. The summed E-state index contributed by atoms with van der Waals surface area (Å²) < 4.78 is 5.33. The van der Waals surface area contributed by atoms with Crippen molar-refractivity contribution < 1.29 is 14.1 Å². The average Bonchev–Trinajstić information content (AvgIpc) is 3.22. The third kappa shape index (κ3) is 3.74. The van der Waals surface area contributed by atoms with E-state index in [0.717, 1.165) is 17.7 Å². The van der Waals surface area contributed by atoms with Gasteiger partial charge in [0.05, 0.1) is 0 Å². The molecule has 0 bridgehead atoms. The van der Waals surface area contributed by atoms with Gasteiger partial charge in [-0.2, -0.15) is 0 Å². The van der Waals surface area contributed by atoms with Gasteiger partial charge in [-0.25, -0.2) is 0 Å². The average molecular weight is 319 g/mol. The lowest BCUT2D eigenvalue weighted by atomic mass is 9.89. The molecule has 0 saturated heterocycles. The van der Waals surface area contributed by atoms with Crippen LogP contribution in [0.3, 0.4) is 0 Å². The lowest BCUT2D eigenvalue weighted by Gasteiger charge is -2.26.